The van der Waals surface area contributed by atoms with Gasteiger partial charge in [0.2, 0.25) is 0 Å². The summed E-state index contributed by atoms with van der Waals surface area (Å²) in [5.74, 6) is 6.38. The van der Waals surface area contributed by atoms with E-state index in [1.807, 2.05) is 6.07 Å². The van der Waals surface area contributed by atoms with Crippen molar-refractivity contribution in [3.63, 3.8) is 0 Å². The van der Waals surface area contributed by atoms with E-state index in [1.54, 1.807) is 12.1 Å². The van der Waals surface area contributed by atoms with Gasteiger partial charge >= 0.3 is 0 Å². The summed E-state index contributed by atoms with van der Waals surface area (Å²) in [6, 6.07) is 16.9. The molecule has 0 aliphatic carbocycles. The highest BCUT2D eigenvalue weighted by Crippen LogP contribution is 2.24. The smallest absolute Gasteiger partial charge is 0.123 e. The lowest BCUT2D eigenvalue weighted by Crippen LogP contribution is -2.33. The SMILES string of the molecule is Fc1ccc(C#CC(c2ccccc2)N2CCCCC2)cc1. The van der Waals surface area contributed by atoms with Crippen LogP contribution in [0.1, 0.15) is 36.4 Å². The molecule has 3 rings (SSSR count). The second-order valence-corrected chi connectivity index (χ2v) is 5.69. The van der Waals surface area contributed by atoms with Gasteiger partial charge in [-0.1, -0.05) is 48.6 Å². The summed E-state index contributed by atoms with van der Waals surface area (Å²) in [4.78, 5) is 2.45. The van der Waals surface area contributed by atoms with Gasteiger partial charge in [-0.2, -0.15) is 0 Å². The van der Waals surface area contributed by atoms with E-state index in [-0.39, 0.29) is 11.9 Å². The molecule has 1 aliphatic rings. The van der Waals surface area contributed by atoms with E-state index in [1.165, 1.54) is 37.0 Å². The molecule has 2 heteroatoms. The van der Waals surface area contributed by atoms with Crippen molar-refractivity contribution in [1.29, 1.82) is 0 Å². The van der Waals surface area contributed by atoms with Gasteiger partial charge in [0.05, 0.1) is 6.04 Å². The summed E-state index contributed by atoms with van der Waals surface area (Å²) >= 11 is 0. The zero-order valence-electron chi connectivity index (χ0n) is 12.6. The fourth-order valence-corrected chi connectivity index (χ4v) is 2.88. The van der Waals surface area contributed by atoms with Crippen molar-refractivity contribution in [3.8, 4) is 11.8 Å². The first-order valence-electron chi connectivity index (χ1n) is 7.89. The topological polar surface area (TPSA) is 3.24 Å². The van der Waals surface area contributed by atoms with Crippen molar-refractivity contribution >= 4 is 0 Å². The van der Waals surface area contributed by atoms with Gasteiger partial charge in [-0.25, -0.2) is 4.39 Å². The van der Waals surface area contributed by atoms with E-state index in [9.17, 15) is 4.39 Å². The molecule has 1 nitrogen and oxygen atoms in total. The molecule has 0 N–H and O–H groups in total. The second-order valence-electron chi connectivity index (χ2n) is 5.69. The first-order chi connectivity index (χ1) is 10.8. The summed E-state index contributed by atoms with van der Waals surface area (Å²) < 4.78 is 13.0. The first kappa shape index (κ1) is 14.8. The van der Waals surface area contributed by atoms with Crippen LogP contribution >= 0.6 is 0 Å². The molecule has 1 saturated heterocycles. The summed E-state index contributed by atoms with van der Waals surface area (Å²) in [6.45, 7) is 2.19. The van der Waals surface area contributed by atoms with Crippen molar-refractivity contribution < 1.29 is 4.39 Å². The van der Waals surface area contributed by atoms with Crippen molar-refractivity contribution in [2.24, 2.45) is 0 Å². The van der Waals surface area contributed by atoms with Crippen LogP contribution in [0.4, 0.5) is 4.39 Å². The first-order valence-corrected chi connectivity index (χ1v) is 7.89. The van der Waals surface area contributed by atoms with Gasteiger partial charge < -0.3 is 0 Å². The van der Waals surface area contributed by atoms with Gasteiger partial charge in [0.1, 0.15) is 5.82 Å². The van der Waals surface area contributed by atoms with Crippen LogP contribution in [0.3, 0.4) is 0 Å². The van der Waals surface area contributed by atoms with Crippen molar-refractivity contribution in [1.82, 2.24) is 4.90 Å². The van der Waals surface area contributed by atoms with Crippen LogP contribution in [-0.2, 0) is 0 Å². The van der Waals surface area contributed by atoms with Gasteiger partial charge in [0, 0.05) is 5.56 Å². The Bertz CT molecular complexity index is 646. The molecule has 0 saturated carbocycles. The second kappa shape index (κ2) is 7.24. The Kier molecular flexibility index (Phi) is 4.88. The van der Waals surface area contributed by atoms with Crippen LogP contribution in [-0.4, -0.2) is 18.0 Å². The minimum Gasteiger partial charge on any atom is -0.286 e. The van der Waals surface area contributed by atoms with Gasteiger partial charge in [-0.15, -0.1) is 0 Å². The molecular weight excluding hydrogens is 273 g/mol. The molecule has 22 heavy (non-hydrogen) atoms. The molecule has 112 valence electrons. The monoisotopic (exact) mass is 293 g/mol. The van der Waals surface area contributed by atoms with Gasteiger partial charge in [0.15, 0.2) is 0 Å². The third kappa shape index (κ3) is 3.75. The number of likely N-dealkylation sites (tertiary alicyclic amines) is 1. The molecule has 0 aromatic heterocycles. The molecular formula is C20H20FN. The number of piperidine rings is 1. The predicted molar refractivity (Wildman–Crippen MR) is 87.9 cm³/mol. The highest BCUT2D eigenvalue weighted by Gasteiger charge is 2.20. The minimum absolute atomic E-state index is 0.117. The van der Waals surface area contributed by atoms with Gasteiger partial charge in [-0.3, -0.25) is 4.90 Å². The molecule has 0 radical (unpaired) electrons. The fraction of sp³-hybridized carbons (Fsp3) is 0.300. The van der Waals surface area contributed by atoms with Gasteiger partial charge in [-0.05, 0) is 55.8 Å². The normalized spacial score (nSPS) is 16.6. The van der Waals surface area contributed by atoms with Crippen molar-refractivity contribution in [2.75, 3.05) is 13.1 Å². The molecule has 0 bridgehead atoms. The van der Waals surface area contributed by atoms with Crippen molar-refractivity contribution in [2.45, 2.75) is 25.3 Å². The Morgan fingerprint density at radius 2 is 1.55 bits per heavy atom. The van der Waals surface area contributed by atoms with Crippen LogP contribution in [0, 0.1) is 17.7 Å². The number of hydrogen-bond acceptors (Lipinski definition) is 1. The maximum absolute atomic E-state index is 13.0. The highest BCUT2D eigenvalue weighted by molar-refractivity contribution is 5.37. The number of nitrogens with zero attached hydrogens (tertiary/aromatic N) is 1. The lowest BCUT2D eigenvalue weighted by Gasteiger charge is -2.31. The Hall–Kier alpha value is -2.11. The molecule has 0 amide bonds. The molecule has 0 spiro atoms. The van der Waals surface area contributed by atoms with E-state index >= 15 is 0 Å². The lowest BCUT2D eigenvalue weighted by atomic mass is 10.0. The Labute approximate surface area is 131 Å². The molecule has 1 unspecified atom stereocenters. The number of rotatable bonds is 2. The molecule has 2 aromatic carbocycles. The van der Waals surface area contributed by atoms with Crippen LogP contribution in [0.2, 0.25) is 0 Å². The van der Waals surface area contributed by atoms with Gasteiger partial charge in [0.25, 0.3) is 0 Å². The third-order valence-corrected chi connectivity index (χ3v) is 4.07. The van der Waals surface area contributed by atoms with Crippen LogP contribution in [0.25, 0.3) is 0 Å². The highest BCUT2D eigenvalue weighted by atomic mass is 19.1. The van der Waals surface area contributed by atoms with Crippen LogP contribution in [0.5, 0.6) is 0 Å². The molecule has 1 atom stereocenters. The average molecular weight is 293 g/mol. The largest absolute Gasteiger partial charge is 0.286 e. The Morgan fingerprint density at radius 1 is 0.864 bits per heavy atom. The number of benzene rings is 2. The quantitative estimate of drug-likeness (QED) is 0.742. The van der Waals surface area contributed by atoms with Crippen LogP contribution in [0.15, 0.2) is 54.6 Å². The summed E-state index contributed by atoms with van der Waals surface area (Å²) in [5, 5.41) is 0. The average Bonchev–Trinajstić information content (AvgIpc) is 2.59. The number of hydrogen-bond donors (Lipinski definition) is 0. The fourth-order valence-electron chi connectivity index (χ4n) is 2.88. The molecule has 1 aliphatic heterocycles. The van der Waals surface area contributed by atoms with Crippen LogP contribution < -0.4 is 0 Å². The van der Waals surface area contributed by atoms with E-state index < -0.39 is 0 Å². The zero-order valence-corrected chi connectivity index (χ0v) is 12.6. The molecule has 2 aromatic rings. The maximum Gasteiger partial charge on any atom is 0.123 e. The summed E-state index contributed by atoms with van der Waals surface area (Å²) in [7, 11) is 0. The summed E-state index contributed by atoms with van der Waals surface area (Å²) in [5.41, 5.74) is 2.10. The van der Waals surface area contributed by atoms with Crippen molar-refractivity contribution in [3.05, 3.63) is 71.5 Å². The minimum atomic E-state index is -0.221. The van der Waals surface area contributed by atoms with E-state index in [0.717, 1.165) is 18.7 Å². The standard InChI is InChI=1S/C20H20FN/c21-19-12-9-17(10-13-19)11-14-20(18-7-3-1-4-8-18)22-15-5-2-6-16-22/h1,3-4,7-10,12-13,20H,2,5-6,15-16H2. The molecule has 1 heterocycles. The van der Waals surface area contributed by atoms with E-state index in [4.69, 9.17) is 0 Å². The summed E-state index contributed by atoms with van der Waals surface area (Å²) in [6.07, 6.45) is 3.78. The maximum atomic E-state index is 13.0. The van der Waals surface area contributed by atoms with E-state index in [0.29, 0.717) is 0 Å². The lowest BCUT2D eigenvalue weighted by molar-refractivity contribution is 0.197. The van der Waals surface area contributed by atoms with E-state index in [2.05, 4.69) is 41.0 Å². The molecule has 1 fully saturated rings. The predicted octanol–water partition coefficient (Wildman–Crippen LogP) is 4.40. The Morgan fingerprint density at radius 3 is 2.23 bits per heavy atom. The third-order valence-electron chi connectivity index (χ3n) is 4.07. The number of halogens is 1. The Balaban J connectivity index is 1.87. The zero-order chi connectivity index (χ0) is 15.2.